The molecule has 2 rings (SSSR count). The molecular formula is C16H24N2O3. The topological polar surface area (TPSA) is 73.6 Å². The number of carbonyl (C=O) groups excluding carboxylic acids is 1. The van der Waals surface area contributed by atoms with Crippen LogP contribution in [0.4, 0.5) is 11.4 Å². The molecule has 5 nitrogen and oxygen atoms in total. The molecule has 1 aromatic rings. The van der Waals surface area contributed by atoms with E-state index in [1.54, 1.807) is 19.1 Å². The van der Waals surface area contributed by atoms with Crippen molar-refractivity contribution in [2.45, 2.75) is 26.7 Å². The lowest BCUT2D eigenvalue weighted by molar-refractivity contribution is 0.0299. The molecule has 0 unspecified atom stereocenters. The number of nitrogens with two attached hydrogens (primary N) is 1. The van der Waals surface area contributed by atoms with Crippen molar-refractivity contribution in [1.82, 2.24) is 0 Å². The fourth-order valence-corrected chi connectivity index (χ4v) is 2.44. The summed E-state index contributed by atoms with van der Waals surface area (Å²) in [6.07, 6.45) is 2.04. The van der Waals surface area contributed by atoms with Gasteiger partial charge in [-0.05, 0) is 43.4 Å². The van der Waals surface area contributed by atoms with Crippen molar-refractivity contribution in [2.75, 3.05) is 37.4 Å². The first-order valence-corrected chi connectivity index (χ1v) is 7.42. The molecule has 0 aromatic heterocycles. The molecule has 0 bridgehead atoms. The van der Waals surface area contributed by atoms with Crippen LogP contribution < -0.4 is 11.1 Å². The number of rotatable bonds is 5. The van der Waals surface area contributed by atoms with Gasteiger partial charge in [0.05, 0.1) is 12.2 Å². The van der Waals surface area contributed by atoms with Crippen LogP contribution in [0.5, 0.6) is 0 Å². The molecule has 1 aromatic carbocycles. The molecule has 1 heterocycles. The van der Waals surface area contributed by atoms with Crippen molar-refractivity contribution in [3.05, 3.63) is 23.8 Å². The number of ether oxygens (including phenoxy) is 2. The van der Waals surface area contributed by atoms with Crippen LogP contribution >= 0.6 is 0 Å². The van der Waals surface area contributed by atoms with Crippen molar-refractivity contribution >= 4 is 17.3 Å². The van der Waals surface area contributed by atoms with Gasteiger partial charge in [-0.2, -0.15) is 0 Å². The van der Waals surface area contributed by atoms with E-state index in [1.807, 2.05) is 6.07 Å². The lowest BCUT2D eigenvalue weighted by atomic mass is 9.82. The van der Waals surface area contributed by atoms with E-state index in [-0.39, 0.29) is 11.4 Å². The van der Waals surface area contributed by atoms with Crippen LogP contribution in [0.3, 0.4) is 0 Å². The number of hydrogen-bond acceptors (Lipinski definition) is 5. The number of nitrogens with one attached hydrogen (secondary N) is 1. The van der Waals surface area contributed by atoms with Gasteiger partial charge in [-0.1, -0.05) is 6.92 Å². The normalized spacial score (nSPS) is 17.2. The molecule has 0 radical (unpaired) electrons. The molecule has 21 heavy (non-hydrogen) atoms. The summed E-state index contributed by atoms with van der Waals surface area (Å²) in [5, 5.41) is 3.38. The molecule has 1 aliphatic heterocycles. The van der Waals surface area contributed by atoms with Gasteiger partial charge in [-0.25, -0.2) is 4.79 Å². The van der Waals surface area contributed by atoms with Crippen molar-refractivity contribution in [3.63, 3.8) is 0 Å². The average molecular weight is 292 g/mol. The van der Waals surface area contributed by atoms with Crippen molar-refractivity contribution in [1.29, 1.82) is 0 Å². The summed E-state index contributed by atoms with van der Waals surface area (Å²) in [6, 6.07) is 5.29. The molecule has 1 saturated heterocycles. The molecule has 0 amide bonds. The number of benzene rings is 1. The third-order valence-corrected chi connectivity index (χ3v) is 3.94. The van der Waals surface area contributed by atoms with Crippen LogP contribution in [0.25, 0.3) is 0 Å². The number of anilines is 2. The summed E-state index contributed by atoms with van der Waals surface area (Å²) in [5.74, 6) is -0.343. The Morgan fingerprint density at radius 2 is 2.14 bits per heavy atom. The summed E-state index contributed by atoms with van der Waals surface area (Å²) in [6.45, 7) is 6.77. The van der Waals surface area contributed by atoms with Gasteiger partial charge in [0, 0.05) is 31.1 Å². The average Bonchev–Trinajstić information content (AvgIpc) is 2.47. The molecule has 3 N–H and O–H groups in total. The second-order valence-corrected chi connectivity index (χ2v) is 5.80. The first-order valence-electron chi connectivity index (χ1n) is 7.42. The standard InChI is InChI=1S/C16H24N2O3/c1-3-21-15(19)13-10-12(17)4-5-14(13)18-11-16(2)6-8-20-9-7-16/h4-5,10,18H,3,6-9,11,17H2,1-2H3. The Bertz CT molecular complexity index is 496. The van der Waals surface area contributed by atoms with E-state index in [0.717, 1.165) is 38.3 Å². The molecule has 0 aliphatic carbocycles. The molecule has 0 atom stereocenters. The third-order valence-electron chi connectivity index (χ3n) is 3.94. The number of carbonyl (C=O) groups is 1. The van der Waals surface area contributed by atoms with E-state index in [1.165, 1.54) is 0 Å². The summed E-state index contributed by atoms with van der Waals surface area (Å²) in [5.41, 5.74) is 7.78. The van der Waals surface area contributed by atoms with Crippen LogP contribution in [-0.2, 0) is 9.47 Å². The van der Waals surface area contributed by atoms with Crippen LogP contribution in [-0.4, -0.2) is 32.3 Å². The molecule has 1 aliphatic rings. The predicted molar refractivity (Wildman–Crippen MR) is 83.5 cm³/mol. The van der Waals surface area contributed by atoms with Gasteiger partial charge in [0.15, 0.2) is 0 Å². The Morgan fingerprint density at radius 3 is 2.81 bits per heavy atom. The zero-order valence-corrected chi connectivity index (χ0v) is 12.8. The molecule has 116 valence electrons. The third kappa shape index (κ3) is 4.11. The highest BCUT2D eigenvalue weighted by Crippen LogP contribution is 2.31. The highest BCUT2D eigenvalue weighted by atomic mass is 16.5. The predicted octanol–water partition coefficient (Wildman–Crippen LogP) is 2.67. The maximum absolute atomic E-state index is 12.0. The Labute approximate surface area is 125 Å². The van der Waals surface area contributed by atoms with Crippen LogP contribution in [0.2, 0.25) is 0 Å². The Balaban J connectivity index is 2.10. The van der Waals surface area contributed by atoms with Crippen molar-refractivity contribution in [2.24, 2.45) is 5.41 Å². The van der Waals surface area contributed by atoms with Gasteiger partial charge in [-0.15, -0.1) is 0 Å². The lowest BCUT2D eigenvalue weighted by Crippen LogP contribution is -2.33. The minimum Gasteiger partial charge on any atom is -0.462 e. The smallest absolute Gasteiger partial charge is 0.340 e. The van der Waals surface area contributed by atoms with E-state index in [9.17, 15) is 4.79 Å². The Morgan fingerprint density at radius 1 is 1.43 bits per heavy atom. The second kappa shape index (κ2) is 6.80. The summed E-state index contributed by atoms with van der Waals surface area (Å²) < 4.78 is 10.5. The van der Waals surface area contributed by atoms with E-state index < -0.39 is 0 Å². The molecule has 1 fully saturated rings. The SMILES string of the molecule is CCOC(=O)c1cc(N)ccc1NCC1(C)CCOCC1. The minimum atomic E-state index is -0.343. The maximum Gasteiger partial charge on any atom is 0.340 e. The van der Waals surface area contributed by atoms with Gasteiger partial charge in [0.25, 0.3) is 0 Å². The monoisotopic (exact) mass is 292 g/mol. The molecule has 0 saturated carbocycles. The van der Waals surface area contributed by atoms with E-state index in [2.05, 4.69) is 12.2 Å². The van der Waals surface area contributed by atoms with E-state index >= 15 is 0 Å². The van der Waals surface area contributed by atoms with E-state index in [4.69, 9.17) is 15.2 Å². The fraction of sp³-hybridized carbons (Fsp3) is 0.562. The van der Waals surface area contributed by atoms with Gasteiger partial charge >= 0.3 is 5.97 Å². The fourth-order valence-electron chi connectivity index (χ4n) is 2.44. The number of esters is 1. The first kappa shape index (κ1) is 15.6. The minimum absolute atomic E-state index is 0.186. The van der Waals surface area contributed by atoms with Crippen LogP contribution in [0.1, 0.15) is 37.0 Å². The molecular weight excluding hydrogens is 268 g/mol. The van der Waals surface area contributed by atoms with Gasteiger partial charge < -0.3 is 20.5 Å². The Hall–Kier alpha value is -1.75. The summed E-state index contributed by atoms with van der Waals surface area (Å²) >= 11 is 0. The quantitative estimate of drug-likeness (QED) is 0.645. The van der Waals surface area contributed by atoms with E-state index in [0.29, 0.717) is 17.9 Å². The van der Waals surface area contributed by atoms with Gasteiger partial charge in [0.1, 0.15) is 0 Å². The zero-order valence-electron chi connectivity index (χ0n) is 12.8. The van der Waals surface area contributed by atoms with Crippen LogP contribution in [0, 0.1) is 5.41 Å². The first-order chi connectivity index (χ1) is 10.0. The van der Waals surface area contributed by atoms with Gasteiger partial charge in [0.2, 0.25) is 0 Å². The summed E-state index contributed by atoms with van der Waals surface area (Å²) in [7, 11) is 0. The molecule has 0 spiro atoms. The molecule has 5 heteroatoms. The largest absolute Gasteiger partial charge is 0.462 e. The van der Waals surface area contributed by atoms with Crippen molar-refractivity contribution < 1.29 is 14.3 Å². The maximum atomic E-state index is 12.0. The van der Waals surface area contributed by atoms with Crippen molar-refractivity contribution in [3.8, 4) is 0 Å². The van der Waals surface area contributed by atoms with Gasteiger partial charge in [-0.3, -0.25) is 0 Å². The highest BCUT2D eigenvalue weighted by Gasteiger charge is 2.27. The van der Waals surface area contributed by atoms with Crippen LogP contribution in [0.15, 0.2) is 18.2 Å². The number of nitrogen functional groups attached to an aromatic ring is 1. The highest BCUT2D eigenvalue weighted by molar-refractivity contribution is 5.96. The second-order valence-electron chi connectivity index (χ2n) is 5.80. The summed E-state index contributed by atoms with van der Waals surface area (Å²) in [4.78, 5) is 12.0. The Kier molecular flexibility index (Phi) is 5.07. The zero-order chi connectivity index (χ0) is 15.3. The lowest BCUT2D eigenvalue weighted by Gasteiger charge is -2.34. The number of hydrogen-bond donors (Lipinski definition) is 2.